The summed E-state index contributed by atoms with van der Waals surface area (Å²) >= 11 is 5.18. The van der Waals surface area contributed by atoms with Gasteiger partial charge in [0.05, 0.1) is 0 Å². The normalized spacial score (nSPS) is 11.2. The second-order valence-corrected chi connectivity index (χ2v) is 4.36. The van der Waals surface area contributed by atoms with Gasteiger partial charge in [0, 0.05) is 12.0 Å². The van der Waals surface area contributed by atoms with Crippen LogP contribution in [0.2, 0.25) is 0 Å². The number of nitrogens with one attached hydrogen (secondary N) is 1. The molecular formula is C11H13ClFNO. The molecule has 1 amide bonds. The Hall–Kier alpha value is -1.09. The maximum Gasteiger partial charge on any atom is 0.313 e. The van der Waals surface area contributed by atoms with Gasteiger partial charge in [-0.1, -0.05) is 26.0 Å². The Morgan fingerprint density at radius 1 is 1.53 bits per heavy atom. The van der Waals surface area contributed by atoms with Crippen LogP contribution in [0.1, 0.15) is 19.4 Å². The molecule has 0 aliphatic carbocycles. The fourth-order valence-electron chi connectivity index (χ4n) is 1.30. The van der Waals surface area contributed by atoms with Gasteiger partial charge in [0.1, 0.15) is 5.82 Å². The third-order valence-corrected chi connectivity index (χ3v) is 2.41. The van der Waals surface area contributed by atoms with Gasteiger partial charge in [-0.15, -0.1) is 0 Å². The molecule has 0 saturated heterocycles. The van der Waals surface area contributed by atoms with E-state index in [4.69, 9.17) is 11.6 Å². The van der Waals surface area contributed by atoms with Crippen LogP contribution in [0.3, 0.4) is 0 Å². The summed E-state index contributed by atoms with van der Waals surface area (Å²) in [5, 5.41) is 1.91. The molecule has 4 heteroatoms. The van der Waals surface area contributed by atoms with E-state index in [1.807, 2.05) is 19.9 Å². The molecule has 0 fully saturated rings. The van der Waals surface area contributed by atoms with Crippen molar-refractivity contribution in [2.75, 3.05) is 6.54 Å². The molecule has 1 N–H and O–H groups in total. The molecule has 82 valence electrons. The van der Waals surface area contributed by atoms with Gasteiger partial charge in [-0.25, -0.2) is 4.39 Å². The van der Waals surface area contributed by atoms with Crippen LogP contribution in [0, 0.1) is 5.82 Å². The minimum absolute atomic E-state index is 0.280. The summed E-state index contributed by atoms with van der Waals surface area (Å²) in [5.74, 6) is -0.280. The lowest BCUT2D eigenvalue weighted by molar-refractivity contribution is 0.257. The van der Waals surface area contributed by atoms with E-state index in [0.717, 1.165) is 5.56 Å². The van der Waals surface area contributed by atoms with Gasteiger partial charge in [-0.3, -0.25) is 4.79 Å². The monoisotopic (exact) mass is 229 g/mol. The molecule has 0 bridgehead atoms. The topological polar surface area (TPSA) is 29.1 Å². The third kappa shape index (κ3) is 3.51. The molecule has 2 nitrogen and oxygen atoms in total. The molecule has 0 spiro atoms. The first-order valence-electron chi connectivity index (χ1n) is 4.61. The van der Waals surface area contributed by atoms with Gasteiger partial charge in [0.25, 0.3) is 0 Å². The van der Waals surface area contributed by atoms with Crippen LogP contribution in [-0.2, 0) is 5.41 Å². The Bertz CT molecular complexity index is 365. The van der Waals surface area contributed by atoms with Gasteiger partial charge >= 0.3 is 5.37 Å². The van der Waals surface area contributed by atoms with E-state index in [9.17, 15) is 9.18 Å². The highest BCUT2D eigenvalue weighted by Crippen LogP contribution is 2.22. The number of carbonyl (C=O) groups excluding carboxylic acids is 1. The van der Waals surface area contributed by atoms with Gasteiger partial charge in [-0.05, 0) is 29.3 Å². The molecule has 0 aromatic heterocycles. The minimum Gasteiger partial charge on any atom is -0.342 e. The maximum atomic E-state index is 13.0. The molecule has 0 heterocycles. The Labute approximate surface area is 93.4 Å². The summed E-state index contributed by atoms with van der Waals surface area (Å²) < 4.78 is 13.0. The number of amides is 1. The van der Waals surface area contributed by atoms with Crippen molar-refractivity contribution in [2.45, 2.75) is 19.3 Å². The predicted molar refractivity (Wildman–Crippen MR) is 58.7 cm³/mol. The van der Waals surface area contributed by atoms with Crippen molar-refractivity contribution in [3.63, 3.8) is 0 Å². The van der Waals surface area contributed by atoms with Crippen LogP contribution in [0.15, 0.2) is 24.3 Å². The SMILES string of the molecule is CC(C)(CNC(=O)Cl)c1cccc(F)c1. The lowest BCUT2D eigenvalue weighted by Crippen LogP contribution is -2.34. The third-order valence-electron chi connectivity index (χ3n) is 2.28. The first-order valence-corrected chi connectivity index (χ1v) is 4.99. The second kappa shape index (κ2) is 4.62. The van der Waals surface area contributed by atoms with Crippen LogP contribution in [-0.4, -0.2) is 11.9 Å². The van der Waals surface area contributed by atoms with Gasteiger partial charge in [0.2, 0.25) is 0 Å². The van der Waals surface area contributed by atoms with Crippen molar-refractivity contribution >= 4 is 17.0 Å². The molecular weight excluding hydrogens is 217 g/mol. The van der Waals surface area contributed by atoms with Crippen molar-refractivity contribution in [3.8, 4) is 0 Å². The Balaban J connectivity index is 2.80. The number of halogens is 2. The summed E-state index contributed by atoms with van der Waals surface area (Å²) in [4.78, 5) is 10.6. The van der Waals surface area contributed by atoms with Crippen molar-refractivity contribution in [2.24, 2.45) is 0 Å². The molecule has 0 unspecified atom stereocenters. The van der Waals surface area contributed by atoms with Crippen LogP contribution in [0.5, 0.6) is 0 Å². The number of hydrogen-bond donors (Lipinski definition) is 1. The van der Waals surface area contributed by atoms with Crippen molar-refractivity contribution in [1.29, 1.82) is 0 Å². The zero-order valence-corrected chi connectivity index (χ0v) is 9.44. The van der Waals surface area contributed by atoms with Crippen molar-refractivity contribution in [3.05, 3.63) is 35.6 Å². The van der Waals surface area contributed by atoms with Crippen LogP contribution in [0.4, 0.5) is 9.18 Å². The lowest BCUT2D eigenvalue weighted by atomic mass is 9.84. The van der Waals surface area contributed by atoms with E-state index in [0.29, 0.717) is 6.54 Å². The highest BCUT2D eigenvalue weighted by molar-refractivity contribution is 6.62. The molecule has 1 aromatic carbocycles. The highest BCUT2D eigenvalue weighted by atomic mass is 35.5. The predicted octanol–water partition coefficient (Wildman–Crippen LogP) is 3.05. The molecule has 0 saturated carbocycles. The molecule has 0 radical (unpaired) electrons. The average Bonchev–Trinajstić information content (AvgIpc) is 2.15. The van der Waals surface area contributed by atoms with Crippen LogP contribution >= 0.6 is 11.6 Å². The summed E-state index contributed by atoms with van der Waals surface area (Å²) in [6.45, 7) is 4.20. The van der Waals surface area contributed by atoms with Gasteiger partial charge in [-0.2, -0.15) is 0 Å². The fourth-order valence-corrected chi connectivity index (χ4v) is 1.37. The number of benzene rings is 1. The summed E-state index contributed by atoms with van der Waals surface area (Å²) in [5.41, 5.74) is 0.486. The molecule has 1 rings (SSSR count). The maximum absolute atomic E-state index is 13.0. The lowest BCUT2D eigenvalue weighted by Gasteiger charge is -2.25. The quantitative estimate of drug-likeness (QED) is 0.627. The number of hydrogen-bond acceptors (Lipinski definition) is 1. The molecule has 0 aliphatic heterocycles. The fraction of sp³-hybridized carbons (Fsp3) is 0.364. The van der Waals surface area contributed by atoms with E-state index in [-0.39, 0.29) is 11.2 Å². The summed E-state index contributed by atoms with van der Waals surface area (Å²) in [6, 6.07) is 6.32. The van der Waals surface area contributed by atoms with Crippen LogP contribution in [0.25, 0.3) is 0 Å². The van der Waals surface area contributed by atoms with Gasteiger partial charge in [0.15, 0.2) is 0 Å². The summed E-state index contributed by atoms with van der Waals surface area (Å²) in [6.07, 6.45) is 0. The smallest absolute Gasteiger partial charge is 0.313 e. The van der Waals surface area contributed by atoms with E-state index in [1.54, 1.807) is 6.07 Å². The molecule has 1 aromatic rings. The van der Waals surface area contributed by atoms with Crippen LogP contribution < -0.4 is 5.32 Å². The summed E-state index contributed by atoms with van der Waals surface area (Å²) in [7, 11) is 0. The molecule has 15 heavy (non-hydrogen) atoms. The Morgan fingerprint density at radius 3 is 2.73 bits per heavy atom. The molecule has 0 aliphatic rings. The zero-order valence-electron chi connectivity index (χ0n) is 8.68. The highest BCUT2D eigenvalue weighted by Gasteiger charge is 2.21. The minimum atomic E-state index is -0.598. The van der Waals surface area contributed by atoms with E-state index in [2.05, 4.69) is 5.32 Å². The number of carbonyl (C=O) groups is 1. The van der Waals surface area contributed by atoms with Gasteiger partial charge < -0.3 is 5.32 Å². The largest absolute Gasteiger partial charge is 0.342 e. The van der Waals surface area contributed by atoms with E-state index < -0.39 is 5.37 Å². The molecule has 0 atom stereocenters. The van der Waals surface area contributed by atoms with Crippen molar-refractivity contribution in [1.82, 2.24) is 5.32 Å². The second-order valence-electron chi connectivity index (χ2n) is 4.02. The Morgan fingerprint density at radius 2 is 2.20 bits per heavy atom. The van der Waals surface area contributed by atoms with E-state index >= 15 is 0 Å². The first kappa shape index (κ1) is 12.0. The standard InChI is InChI=1S/C11H13ClFNO/c1-11(2,7-14-10(12)15)8-4-3-5-9(13)6-8/h3-6H,7H2,1-2H3,(H,14,15). The van der Waals surface area contributed by atoms with E-state index in [1.165, 1.54) is 12.1 Å². The first-order chi connectivity index (χ1) is 6.92. The average molecular weight is 230 g/mol. The number of rotatable bonds is 3. The Kier molecular flexibility index (Phi) is 3.69. The van der Waals surface area contributed by atoms with Crippen molar-refractivity contribution < 1.29 is 9.18 Å². The zero-order chi connectivity index (χ0) is 11.5.